The number of halogens is 1. The Morgan fingerprint density at radius 1 is 1.53 bits per heavy atom. The van der Waals surface area contributed by atoms with Gasteiger partial charge < -0.3 is 0 Å². The minimum absolute atomic E-state index is 0.0162. The minimum atomic E-state index is -0.649. The molecule has 0 saturated carbocycles. The lowest BCUT2D eigenvalue weighted by Gasteiger charge is -2.38. The van der Waals surface area contributed by atoms with Gasteiger partial charge in [-0.1, -0.05) is 32.9 Å². The summed E-state index contributed by atoms with van der Waals surface area (Å²) in [7, 11) is 0. The zero-order valence-corrected chi connectivity index (χ0v) is 10.1. The predicted octanol–water partition coefficient (Wildman–Crippen LogP) is 3.17. The first-order chi connectivity index (χ1) is 6.83. The van der Waals surface area contributed by atoms with Gasteiger partial charge in [0.25, 0.3) is 0 Å². The van der Waals surface area contributed by atoms with E-state index in [-0.39, 0.29) is 11.0 Å². The van der Waals surface area contributed by atoms with Crippen molar-refractivity contribution in [2.24, 2.45) is 5.41 Å². The summed E-state index contributed by atoms with van der Waals surface area (Å²) in [6.07, 6.45) is 2.12. The van der Waals surface area contributed by atoms with Crippen LogP contribution in [0.15, 0.2) is 12.2 Å². The van der Waals surface area contributed by atoms with Crippen molar-refractivity contribution in [1.29, 1.82) is 0 Å². The number of nitrogens with zero attached hydrogens (tertiary/aromatic N) is 1. The second-order valence-corrected chi connectivity index (χ2v) is 6.37. The molecule has 0 amide bonds. The molecule has 0 radical (unpaired) electrons. The van der Waals surface area contributed by atoms with Gasteiger partial charge in [-0.25, -0.2) is 4.39 Å². The average molecular weight is 211 g/mol. The first kappa shape index (κ1) is 11.1. The van der Waals surface area contributed by atoms with E-state index in [1.165, 1.54) is 5.57 Å². The number of hydrogen-bond donors (Lipinski definition) is 0. The molecule has 0 bridgehead atoms. The van der Waals surface area contributed by atoms with E-state index in [1.54, 1.807) is 0 Å². The Morgan fingerprint density at radius 3 is 2.80 bits per heavy atom. The molecule has 86 valence electrons. The van der Waals surface area contributed by atoms with Crippen molar-refractivity contribution in [1.82, 2.24) is 4.90 Å². The lowest BCUT2D eigenvalue weighted by Crippen LogP contribution is -2.42. The Bertz CT molecular complexity index is 279. The van der Waals surface area contributed by atoms with Crippen LogP contribution in [0.25, 0.3) is 0 Å². The third kappa shape index (κ3) is 1.84. The number of alkyl halides is 1. The molecule has 2 fully saturated rings. The molecule has 0 aromatic heterocycles. The summed E-state index contributed by atoms with van der Waals surface area (Å²) in [5.74, 6) is 0. The zero-order chi connectivity index (χ0) is 11.3. The van der Waals surface area contributed by atoms with E-state index in [2.05, 4.69) is 32.3 Å². The molecule has 0 aromatic carbocycles. The molecular formula is C13H22FN. The first-order valence-electron chi connectivity index (χ1n) is 5.91. The van der Waals surface area contributed by atoms with Gasteiger partial charge in [-0.2, -0.15) is 0 Å². The second-order valence-electron chi connectivity index (χ2n) is 6.37. The van der Waals surface area contributed by atoms with Gasteiger partial charge in [-0.15, -0.1) is 0 Å². The van der Waals surface area contributed by atoms with E-state index >= 15 is 0 Å². The van der Waals surface area contributed by atoms with E-state index in [0.717, 1.165) is 19.4 Å². The molecule has 0 unspecified atom stereocenters. The normalized spacial score (nSPS) is 37.3. The smallest absolute Gasteiger partial charge is 0.115 e. The molecule has 0 aliphatic carbocycles. The van der Waals surface area contributed by atoms with Crippen molar-refractivity contribution in [2.75, 3.05) is 13.1 Å². The van der Waals surface area contributed by atoms with Crippen molar-refractivity contribution >= 4 is 0 Å². The molecule has 0 spiro atoms. The van der Waals surface area contributed by atoms with Crippen LogP contribution in [0.5, 0.6) is 0 Å². The maximum Gasteiger partial charge on any atom is 0.115 e. The number of hydrogen-bond acceptors (Lipinski definition) is 1. The topological polar surface area (TPSA) is 3.24 Å². The Labute approximate surface area is 92.3 Å². The standard InChI is InChI=1S/C13H22FN/c1-10-5-6-15-8-11(14)7-13(10,15)9-12(2,3)4/h11H,1,5-9H2,2-4H3/t11-,13+/m1/s1. The summed E-state index contributed by atoms with van der Waals surface area (Å²) in [6.45, 7) is 12.5. The summed E-state index contributed by atoms with van der Waals surface area (Å²) >= 11 is 0. The summed E-state index contributed by atoms with van der Waals surface area (Å²) in [5.41, 5.74) is 1.49. The molecular weight excluding hydrogens is 189 g/mol. The van der Waals surface area contributed by atoms with Crippen LogP contribution in [-0.4, -0.2) is 29.7 Å². The van der Waals surface area contributed by atoms with Crippen LogP contribution in [0.4, 0.5) is 4.39 Å². The molecule has 2 atom stereocenters. The fourth-order valence-electron chi connectivity index (χ4n) is 3.34. The molecule has 2 saturated heterocycles. The van der Waals surface area contributed by atoms with Crippen LogP contribution >= 0.6 is 0 Å². The summed E-state index contributed by atoms with van der Waals surface area (Å²) < 4.78 is 13.6. The van der Waals surface area contributed by atoms with E-state index in [9.17, 15) is 4.39 Å². The fourth-order valence-corrected chi connectivity index (χ4v) is 3.34. The van der Waals surface area contributed by atoms with E-state index in [0.29, 0.717) is 13.0 Å². The van der Waals surface area contributed by atoms with Crippen LogP contribution in [0.3, 0.4) is 0 Å². The van der Waals surface area contributed by atoms with Gasteiger partial charge in [0.2, 0.25) is 0 Å². The number of fused-ring (bicyclic) bond motifs is 1. The Morgan fingerprint density at radius 2 is 2.20 bits per heavy atom. The maximum atomic E-state index is 13.6. The third-order valence-corrected chi connectivity index (χ3v) is 3.75. The van der Waals surface area contributed by atoms with Gasteiger partial charge in [0.1, 0.15) is 6.17 Å². The monoisotopic (exact) mass is 211 g/mol. The Balaban J connectivity index is 2.25. The molecule has 2 rings (SSSR count). The summed E-state index contributed by atoms with van der Waals surface area (Å²) in [5, 5.41) is 0. The summed E-state index contributed by atoms with van der Waals surface area (Å²) in [6, 6.07) is 0. The highest BCUT2D eigenvalue weighted by molar-refractivity contribution is 5.27. The lowest BCUT2D eigenvalue weighted by molar-refractivity contribution is 0.155. The maximum absolute atomic E-state index is 13.6. The van der Waals surface area contributed by atoms with Gasteiger partial charge in [0.15, 0.2) is 0 Å². The van der Waals surface area contributed by atoms with Crippen molar-refractivity contribution in [3.8, 4) is 0 Å². The third-order valence-electron chi connectivity index (χ3n) is 3.75. The molecule has 1 nitrogen and oxygen atoms in total. The van der Waals surface area contributed by atoms with Crippen LogP contribution in [0.1, 0.15) is 40.0 Å². The Kier molecular flexibility index (Phi) is 2.45. The predicted molar refractivity (Wildman–Crippen MR) is 61.6 cm³/mol. The van der Waals surface area contributed by atoms with Crippen molar-refractivity contribution in [3.05, 3.63) is 12.2 Å². The van der Waals surface area contributed by atoms with Crippen molar-refractivity contribution < 1.29 is 4.39 Å². The van der Waals surface area contributed by atoms with E-state index < -0.39 is 6.17 Å². The van der Waals surface area contributed by atoms with Gasteiger partial charge >= 0.3 is 0 Å². The largest absolute Gasteiger partial charge is 0.291 e. The SMILES string of the molecule is C=C1CCN2C[C@H](F)C[C@]12CC(C)(C)C. The van der Waals surface area contributed by atoms with Crippen molar-refractivity contribution in [3.63, 3.8) is 0 Å². The van der Waals surface area contributed by atoms with Crippen molar-refractivity contribution in [2.45, 2.75) is 51.7 Å². The minimum Gasteiger partial charge on any atom is -0.291 e. The first-order valence-corrected chi connectivity index (χ1v) is 5.91. The molecule has 2 heterocycles. The van der Waals surface area contributed by atoms with Crippen LogP contribution in [0.2, 0.25) is 0 Å². The molecule has 0 N–H and O–H groups in total. The second kappa shape index (κ2) is 3.31. The average Bonchev–Trinajstić information content (AvgIpc) is 2.47. The van der Waals surface area contributed by atoms with Crippen LogP contribution < -0.4 is 0 Å². The van der Waals surface area contributed by atoms with Crippen LogP contribution in [0, 0.1) is 5.41 Å². The lowest BCUT2D eigenvalue weighted by atomic mass is 9.75. The van der Waals surface area contributed by atoms with E-state index in [4.69, 9.17) is 0 Å². The molecule has 2 heteroatoms. The highest BCUT2D eigenvalue weighted by Gasteiger charge is 2.52. The molecule has 2 aliphatic heterocycles. The van der Waals surface area contributed by atoms with Gasteiger partial charge in [0.05, 0.1) is 0 Å². The molecule has 0 aromatic rings. The van der Waals surface area contributed by atoms with Gasteiger partial charge in [0, 0.05) is 25.0 Å². The molecule has 2 aliphatic rings. The highest BCUT2D eigenvalue weighted by Crippen LogP contribution is 2.48. The van der Waals surface area contributed by atoms with Gasteiger partial charge in [-0.05, 0) is 18.3 Å². The Hall–Kier alpha value is -0.370. The van der Waals surface area contributed by atoms with E-state index in [1.807, 2.05) is 0 Å². The number of rotatable bonds is 1. The summed E-state index contributed by atoms with van der Waals surface area (Å²) in [4.78, 5) is 2.32. The molecule has 15 heavy (non-hydrogen) atoms. The van der Waals surface area contributed by atoms with Gasteiger partial charge in [-0.3, -0.25) is 4.90 Å². The zero-order valence-electron chi connectivity index (χ0n) is 10.1. The fraction of sp³-hybridized carbons (Fsp3) is 0.846. The highest BCUT2D eigenvalue weighted by atomic mass is 19.1. The quantitative estimate of drug-likeness (QED) is 0.602. The van der Waals surface area contributed by atoms with Crippen LogP contribution in [-0.2, 0) is 0 Å².